The molecule has 0 bridgehead atoms. The van der Waals surface area contributed by atoms with Crippen molar-refractivity contribution in [1.82, 2.24) is 4.98 Å². The van der Waals surface area contributed by atoms with Crippen LogP contribution in [-0.4, -0.2) is 40.8 Å². The Morgan fingerprint density at radius 1 is 1.45 bits per heavy atom. The van der Waals surface area contributed by atoms with Crippen molar-refractivity contribution in [3.8, 4) is 5.88 Å². The summed E-state index contributed by atoms with van der Waals surface area (Å²) in [7, 11) is 0. The maximum absolute atomic E-state index is 11.0. The van der Waals surface area contributed by atoms with Crippen molar-refractivity contribution in [3.05, 3.63) is 27.9 Å². The molecular weight excluding hydrogens is 268 g/mol. The number of aromatic carboxylic acids is 1. The van der Waals surface area contributed by atoms with Crippen LogP contribution in [0.1, 0.15) is 30.1 Å². The van der Waals surface area contributed by atoms with E-state index >= 15 is 0 Å². The number of carbonyl (C=O) groups is 1. The number of hydrogen-bond acceptors (Lipinski definition) is 6. The lowest BCUT2D eigenvalue weighted by molar-refractivity contribution is -0.385. The van der Waals surface area contributed by atoms with Crippen LogP contribution >= 0.6 is 0 Å². The van der Waals surface area contributed by atoms with Crippen LogP contribution in [0.3, 0.4) is 0 Å². The molecule has 1 aromatic rings. The molecule has 0 spiro atoms. The highest BCUT2D eigenvalue weighted by Crippen LogP contribution is 2.20. The fraction of sp³-hybridized carbons (Fsp3) is 0.500. The van der Waals surface area contributed by atoms with Gasteiger partial charge in [-0.15, -0.1) is 0 Å². The maximum atomic E-state index is 11.0. The SMILES string of the molecule is CCCCOCCOc1ncc([N+](=O)[O-])cc1C(=O)O. The van der Waals surface area contributed by atoms with Crippen LogP contribution in [0.5, 0.6) is 5.88 Å². The Kier molecular flexibility index (Phi) is 6.38. The van der Waals surface area contributed by atoms with E-state index in [0.29, 0.717) is 13.2 Å². The zero-order valence-electron chi connectivity index (χ0n) is 11.1. The number of hydrogen-bond donors (Lipinski definition) is 1. The third-order valence-electron chi connectivity index (χ3n) is 2.39. The van der Waals surface area contributed by atoms with E-state index in [9.17, 15) is 14.9 Å². The molecule has 110 valence electrons. The van der Waals surface area contributed by atoms with Gasteiger partial charge in [0, 0.05) is 12.7 Å². The number of rotatable bonds is 9. The lowest BCUT2D eigenvalue weighted by atomic mass is 10.2. The van der Waals surface area contributed by atoms with Crippen molar-refractivity contribution >= 4 is 11.7 Å². The highest BCUT2D eigenvalue weighted by molar-refractivity contribution is 5.90. The average Bonchev–Trinajstić information content (AvgIpc) is 2.42. The van der Waals surface area contributed by atoms with E-state index in [-0.39, 0.29) is 18.1 Å². The summed E-state index contributed by atoms with van der Waals surface area (Å²) in [5.74, 6) is -1.48. The number of nitrogens with zero attached hydrogens (tertiary/aromatic N) is 2. The summed E-state index contributed by atoms with van der Waals surface area (Å²) in [5.41, 5.74) is -0.735. The quantitative estimate of drug-likeness (QED) is 0.418. The van der Waals surface area contributed by atoms with Gasteiger partial charge in [0.15, 0.2) is 0 Å². The van der Waals surface area contributed by atoms with E-state index in [4.69, 9.17) is 14.6 Å². The Morgan fingerprint density at radius 3 is 2.80 bits per heavy atom. The molecule has 0 aliphatic heterocycles. The molecule has 8 nitrogen and oxygen atoms in total. The first kappa shape index (κ1) is 15.8. The highest BCUT2D eigenvalue weighted by atomic mass is 16.6. The lowest BCUT2D eigenvalue weighted by Crippen LogP contribution is -2.11. The summed E-state index contributed by atoms with van der Waals surface area (Å²) in [6.45, 7) is 3.09. The standard InChI is InChI=1S/C12H16N2O6/c1-2-3-4-19-5-6-20-11-10(12(15)16)7-9(8-13-11)14(17)18/h7-8H,2-6H2,1H3,(H,15,16). The zero-order valence-corrected chi connectivity index (χ0v) is 11.1. The first-order valence-electron chi connectivity index (χ1n) is 6.14. The summed E-state index contributed by atoms with van der Waals surface area (Å²) in [4.78, 5) is 24.5. The highest BCUT2D eigenvalue weighted by Gasteiger charge is 2.18. The predicted molar refractivity (Wildman–Crippen MR) is 69.1 cm³/mol. The summed E-state index contributed by atoms with van der Waals surface area (Å²) >= 11 is 0. The molecule has 8 heteroatoms. The average molecular weight is 284 g/mol. The van der Waals surface area contributed by atoms with Crippen LogP contribution in [0.15, 0.2) is 12.3 Å². The summed E-state index contributed by atoms with van der Waals surface area (Å²) < 4.78 is 10.4. The number of ether oxygens (including phenoxy) is 2. The molecule has 1 rings (SSSR count). The van der Waals surface area contributed by atoms with Gasteiger partial charge >= 0.3 is 5.97 Å². The summed E-state index contributed by atoms with van der Waals surface area (Å²) in [6.07, 6.45) is 2.92. The van der Waals surface area contributed by atoms with Crippen molar-refractivity contribution in [2.45, 2.75) is 19.8 Å². The van der Waals surface area contributed by atoms with Gasteiger partial charge in [0.1, 0.15) is 18.4 Å². The van der Waals surface area contributed by atoms with Gasteiger partial charge < -0.3 is 14.6 Å². The zero-order chi connectivity index (χ0) is 15.0. The second-order valence-corrected chi connectivity index (χ2v) is 3.92. The van der Waals surface area contributed by atoms with Crippen molar-refractivity contribution in [2.24, 2.45) is 0 Å². The van der Waals surface area contributed by atoms with Crippen LogP contribution in [0.4, 0.5) is 5.69 Å². The van der Waals surface area contributed by atoms with Crippen LogP contribution in [0.2, 0.25) is 0 Å². The molecule has 0 aromatic carbocycles. The van der Waals surface area contributed by atoms with Crippen molar-refractivity contribution < 1.29 is 24.3 Å². The molecule has 0 saturated carbocycles. The van der Waals surface area contributed by atoms with Gasteiger partial charge in [-0.25, -0.2) is 9.78 Å². The maximum Gasteiger partial charge on any atom is 0.341 e. The van der Waals surface area contributed by atoms with Gasteiger partial charge in [0.25, 0.3) is 5.69 Å². The fourth-order valence-electron chi connectivity index (χ4n) is 1.36. The molecule has 1 N–H and O–H groups in total. The molecule has 1 heterocycles. The van der Waals surface area contributed by atoms with Gasteiger partial charge in [-0.3, -0.25) is 10.1 Å². The van der Waals surface area contributed by atoms with Crippen molar-refractivity contribution in [3.63, 3.8) is 0 Å². The smallest absolute Gasteiger partial charge is 0.341 e. The Bertz CT molecular complexity index is 477. The van der Waals surface area contributed by atoms with Gasteiger partial charge in [-0.2, -0.15) is 0 Å². The molecule has 0 saturated heterocycles. The molecule has 0 amide bonds. The van der Waals surface area contributed by atoms with Crippen molar-refractivity contribution in [1.29, 1.82) is 0 Å². The number of carboxylic acid groups (broad SMARTS) is 1. The topological polar surface area (TPSA) is 112 Å². The lowest BCUT2D eigenvalue weighted by Gasteiger charge is -2.08. The molecular formula is C12H16N2O6. The van der Waals surface area contributed by atoms with E-state index in [1.807, 2.05) is 6.92 Å². The van der Waals surface area contributed by atoms with Crippen LogP contribution < -0.4 is 4.74 Å². The Balaban J connectivity index is 2.60. The third-order valence-corrected chi connectivity index (χ3v) is 2.39. The van der Waals surface area contributed by atoms with Crippen LogP contribution in [0, 0.1) is 10.1 Å². The second kappa shape index (κ2) is 8.05. The Morgan fingerprint density at radius 2 is 2.20 bits per heavy atom. The summed E-state index contributed by atoms with van der Waals surface area (Å²) in [5, 5.41) is 19.5. The van der Waals surface area contributed by atoms with E-state index in [2.05, 4.69) is 4.98 Å². The Hall–Kier alpha value is -2.22. The van der Waals surface area contributed by atoms with Gasteiger partial charge in [0.05, 0.1) is 11.5 Å². The van der Waals surface area contributed by atoms with Crippen LogP contribution in [-0.2, 0) is 4.74 Å². The predicted octanol–water partition coefficient (Wildman–Crippen LogP) is 1.88. The molecule has 1 aromatic heterocycles. The molecule has 0 aliphatic carbocycles. The minimum atomic E-state index is -1.33. The first-order valence-corrected chi connectivity index (χ1v) is 6.14. The van der Waals surface area contributed by atoms with Crippen molar-refractivity contribution in [2.75, 3.05) is 19.8 Å². The number of aromatic nitrogens is 1. The number of unbranched alkanes of at least 4 members (excludes halogenated alkanes) is 1. The number of carboxylic acids is 1. The monoisotopic (exact) mass is 284 g/mol. The van der Waals surface area contributed by atoms with E-state index in [1.54, 1.807) is 0 Å². The molecule has 20 heavy (non-hydrogen) atoms. The Labute approximate surface area is 115 Å². The second-order valence-electron chi connectivity index (χ2n) is 3.92. The van der Waals surface area contributed by atoms with E-state index in [1.165, 1.54) is 0 Å². The normalized spacial score (nSPS) is 10.2. The molecule has 0 atom stereocenters. The minimum absolute atomic E-state index is 0.134. The van der Waals surface area contributed by atoms with Gasteiger partial charge in [0.2, 0.25) is 5.88 Å². The van der Waals surface area contributed by atoms with Crippen LogP contribution in [0.25, 0.3) is 0 Å². The van der Waals surface area contributed by atoms with E-state index in [0.717, 1.165) is 25.1 Å². The first-order chi connectivity index (χ1) is 9.56. The largest absolute Gasteiger partial charge is 0.477 e. The molecule has 0 fully saturated rings. The van der Waals surface area contributed by atoms with Gasteiger partial charge in [-0.05, 0) is 6.42 Å². The molecule has 0 aliphatic rings. The minimum Gasteiger partial charge on any atom is -0.477 e. The molecule has 0 radical (unpaired) electrons. The summed E-state index contributed by atoms with van der Waals surface area (Å²) in [6, 6.07) is 0.919. The van der Waals surface area contributed by atoms with E-state index < -0.39 is 16.6 Å². The number of pyridine rings is 1. The fourth-order valence-corrected chi connectivity index (χ4v) is 1.36. The van der Waals surface area contributed by atoms with Gasteiger partial charge in [-0.1, -0.05) is 13.3 Å². The number of nitro groups is 1. The molecule has 0 unspecified atom stereocenters. The third kappa shape index (κ3) is 4.81.